The second kappa shape index (κ2) is 6.79. The Kier molecular flexibility index (Phi) is 4.82. The lowest BCUT2D eigenvalue weighted by molar-refractivity contribution is -0.393. The molecule has 8 nitrogen and oxygen atoms in total. The number of nitrogens with one attached hydrogen (secondary N) is 1. The highest BCUT2D eigenvalue weighted by molar-refractivity contribution is 6.33. The Balaban J connectivity index is 2.28. The van der Waals surface area contributed by atoms with Gasteiger partial charge in [0.2, 0.25) is 0 Å². The van der Waals surface area contributed by atoms with Crippen LogP contribution in [0.25, 0.3) is 0 Å². The maximum absolute atomic E-state index is 13.5. The molecule has 0 atom stereocenters. The summed E-state index contributed by atoms with van der Waals surface area (Å²) >= 11 is 5.81. The third-order valence-corrected chi connectivity index (χ3v) is 3.10. The summed E-state index contributed by atoms with van der Waals surface area (Å²) in [4.78, 5) is 20.0. The molecule has 0 bridgehead atoms. The number of nitro groups is 2. The number of nitro benzene ring substituents is 2. The number of hydrazone groups is 1. The molecule has 2 aromatic rings. The largest absolute Gasteiger partial charge is 0.301 e. The van der Waals surface area contributed by atoms with E-state index in [0.717, 1.165) is 24.4 Å². The lowest BCUT2D eigenvalue weighted by Crippen LogP contribution is -1.99. The highest BCUT2D eigenvalue weighted by atomic mass is 35.5. The highest BCUT2D eigenvalue weighted by Crippen LogP contribution is 2.29. The summed E-state index contributed by atoms with van der Waals surface area (Å²) in [6.07, 6.45) is 1.06. The monoisotopic (exact) mass is 338 g/mol. The molecule has 0 aliphatic carbocycles. The molecule has 0 aliphatic rings. The van der Waals surface area contributed by atoms with Crippen LogP contribution < -0.4 is 5.43 Å². The maximum Gasteiger partial charge on any atom is 0.301 e. The molecule has 23 heavy (non-hydrogen) atoms. The molecule has 2 rings (SSSR count). The van der Waals surface area contributed by atoms with Crippen molar-refractivity contribution in [2.45, 2.75) is 0 Å². The number of non-ortho nitro benzene ring substituents is 1. The van der Waals surface area contributed by atoms with E-state index in [-0.39, 0.29) is 16.3 Å². The summed E-state index contributed by atoms with van der Waals surface area (Å²) in [6.45, 7) is 0. The van der Waals surface area contributed by atoms with Crippen LogP contribution >= 0.6 is 11.6 Å². The summed E-state index contributed by atoms with van der Waals surface area (Å²) in [6, 6.07) is 7.08. The van der Waals surface area contributed by atoms with Gasteiger partial charge in [0.25, 0.3) is 5.69 Å². The molecule has 0 heterocycles. The van der Waals surface area contributed by atoms with Crippen LogP contribution in [-0.2, 0) is 0 Å². The minimum atomic E-state index is -0.791. The van der Waals surface area contributed by atoms with Crippen molar-refractivity contribution < 1.29 is 14.2 Å². The first kappa shape index (κ1) is 16.3. The smallest absolute Gasteiger partial charge is 0.272 e. The normalized spacial score (nSPS) is 10.7. The van der Waals surface area contributed by atoms with Crippen molar-refractivity contribution in [3.8, 4) is 0 Å². The molecule has 118 valence electrons. The standard InChI is InChI=1S/C13H8ClFN4O4/c14-10-2-1-3-11(15)9(10)7-16-17-12-5-4-8(18(20)21)6-13(12)19(22)23/h1-7,17H/b16-7-. The van der Waals surface area contributed by atoms with E-state index in [0.29, 0.717) is 0 Å². The molecule has 1 N–H and O–H groups in total. The second-order valence-electron chi connectivity index (χ2n) is 4.22. The van der Waals surface area contributed by atoms with Gasteiger partial charge in [0.1, 0.15) is 11.5 Å². The fourth-order valence-corrected chi connectivity index (χ4v) is 1.89. The molecular formula is C13H8ClFN4O4. The summed E-state index contributed by atoms with van der Waals surface area (Å²) < 4.78 is 13.5. The minimum absolute atomic E-state index is 0.00577. The molecule has 0 fully saturated rings. The second-order valence-corrected chi connectivity index (χ2v) is 4.63. The molecule has 0 spiro atoms. The van der Waals surface area contributed by atoms with Crippen molar-refractivity contribution in [3.05, 3.63) is 73.0 Å². The van der Waals surface area contributed by atoms with Crippen LogP contribution in [0.5, 0.6) is 0 Å². The van der Waals surface area contributed by atoms with Crippen molar-refractivity contribution in [2.75, 3.05) is 5.43 Å². The van der Waals surface area contributed by atoms with Gasteiger partial charge >= 0.3 is 5.69 Å². The van der Waals surface area contributed by atoms with E-state index in [1.807, 2.05) is 0 Å². The van der Waals surface area contributed by atoms with Crippen molar-refractivity contribution in [1.82, 2.24) is 0 Å². The van der Waals surface area contributed by atoms with Gasteiger partial charge < -0.3 is 0 Å². The van der Waals surface area contributed by atoms with Crippen LogP contribution in [0.15, 0.2) is 41.5 Å². The molecule has 0 amide bonds. The van der Waals surface area contributed by atoms with Crippen LogP contribution in [0.3, 0.4) is 0 Å². The fraction of sp³-hybridized carbons (Fsp3) is 0. The van der Waals surface area contributed by atoms with Gasteiger partial charge in [-0.25, -0.2) is 4.39 Å². The first-order chi connectivity index (χ1) is 10.9. The summed E-state index contributed by atoms with van der Waals surface area (Å²) in [5.41, 5.74) is 1.31. The van der Waals surface area contributed by atoms with Gasteiger partial charge in [-0.05, 0) is 18.2 Å². The Morgan fingerprint density at radius 1 is 1.17 bits per heavy atom. The Morgan fingerprint density at radius 3 is 2.52 bits per heavy atom. The first-order valence-corrected chi connectivity index (χ1v) is 6.44. The topological polar surface area (TPSA) is 111 Å². The zero-order valence-electron chi connectivity index (χ0n) is 11.3. The highest BCUT2D eigenvalue weighted by Gasteiger charge is 2.19. The van der Waals surface area contributed by atoms with Gasteiger partial charge in [-0.15, -0.1) is 0 Å². The predicted molar refractivity (Wildman–Crippen MR) is 82.4 cm³/mol. The van der Waals surface area contributed by atoms with Gasteiger partial charge in [0, 0.05) is 11.6 Å². The summed E-state index contributed by atoms with van der Waals surface area (Å²) in [5, 5.41) is 25.4. The lowest BCUT2D eigenvalue weighted by atomic mass is 10.2. The summed E-state index contributed by atoms with van der Waals surface area (Å²) in [5.74, 6) is -0.610. The van der Waals surface area contributed by atoms with E-state index in [1.165, 1.54) is 18.2 Å². The fourth-order valence-electron chi connectivity index (χ4n) is 1.68. The maximum atomic E-state index is 13.5. The van der Waals surface area contributed by atoms with E-state index in [2.05, 4.69) is 10.5 Å². The minimum Gasteiger partial charge on any atom is -0.272 e. The Labute approximate surface area is 133 Å². The Bertz CT molecular complexity index is 792. The molecular weight excluding hydrogens is 331 g/mol. The van der Waals surface area contributed by atoms with Crippen LogP contribution in [0, 0.1) is 26.0 Å². The number of hydrogen-bond donors (Lipinski definition) is 1. The number of benzene rings is 2. The third-order valence-electron chi connectivity index (χ3n) is 2.77. The van der Waals surface area contributed by atoms with Crippen molar-refractivity contribution in [2.24, 2.45) is 5.10 Å². The zero-order chi connectivity index (χ0) is 17.0. The number of hydrogen-bond acceptors (Lipinski definition) is 6. The van der Waals surface area contributed by atoms with Gasteiger partial charge in [0.15, 0.2) is 0 Å². The Morgan fingerprint density at radius 2 is 1.91 bits per heavy atom. The molecule has 2 aromatic carbocycles. The van der Waals surface area contributed by atoms with Gasteiger partial charge in [0.05, 0.1) is 27.2 Å². The average Bonchev–Trinajstić information content (AvgIpc) is 2.50. The van der Waals surface area contributed by atoms with Crippen molar-refractivity contribution >= 4 is 34.9 Å². The average molecular weight is 339 g/mol. The number of nitrogens with zero attached hydrogens (tertiary/aromatic N) is 3. The van der Waals surface area contributed by atoms with Gasteiger partial charge in [-0.1, -0.05) is 17.7 Å². The van der Waals surface area contributed by atoms with Crippen LogP contribution in [0.4, 0.5) is 21.5 Å². The van der Waals surface area contributed by atoms with Crippen molar-refractivity contribution in [1.29, 1.82) is 0 Å². The molecule has 0 saturated carbocycles. The SMILES string of the molecule is O=[N+]([O-])c1ccc(N/N=C\c2c(F)cccc2Cl)c([N+](=O)[O-])c1. The quantitative estimate of drug-likeness (QED) is 0.507. The molecule has 0 unspecified atom stereocenters. The molecule has 0 aliphatic heterocycles. The van der Waals surface area contributed by atoms with Crippen LogP contribution in [-0.4, -0.2) is 16.1 Å². The van der Waals surface area contributed by atoms with Gasteiger partial charge in [-0.3, -0.25) is 25.7 Å². The molecule has 0 aromatic heterocycles. The summed E-state index contributed by atoms with van der Waals surface area (Å²) in [7, 11) is 0. The van der Waals surface area contributed by atoms with Crippen LogP contribution in [0.1, 0.15) is 5.56 Å². The molecule has 10 heteroatoms. The number of rotatable bonds is 5. The van der Waals surface area contributed by atoms with Crippen LogP contribution in [0.2, 0.25) is 5.02 Å². The van der Waals surface area contributed by atoms with E-state index in [1.54, 1.807) is 0 Å². The zero-order valence-corrected chi connectivity index (χ0v) is 12.0. The van der Waals surface area contributed by atoms with Gasteiger partial charge in [-0.2, -0.15) is 5.10 Å². The lowest BCUT2D eigenvalue weighted by Gasteiger charge is -2.03. The van der Waals surface area contributed by atoms with E-state index < -0.39 is 27.0 Å². The van der Waals surface area contributed by atoms with E-state index in [4.69, 9.17) is 11.6 Å². The third kappa shape index (κ3) is 3.77. The molecule has 0 saturated heterocycles. The predicted octanol–water partition coefficient (Wildman–Crippen LogP) is 3.74. The number of anilines is 1. The van der Waals surface area contributed by atoms with E-state index in [9.17, 15) is 24.6 Å². The van der Waals surface area contributed by atoms with Crippen molar-refractivity contribution in [3.63, 3.8) is 0 Å². The Hall–Kier alpha value is -3.07. The van der Waals surface area contributed by atoms with E-state index >= 15 is 0 Å². The first-order valence-electron chi connectivity index (χ1n) is 6.06. The molecule has 0 radical (unpaired) electrons. The number of halogens is 2.